The Hall–Kier alpha value is -1.65. The van der Waals surface area contributed by atoms with Crippen LogP contribution >= 0.6 is 11.6 Å². The number of fused-ring (bicyclic) bond motifs is 1. The molecule has 0 amide bonds. The Morgan fingerprint density at radius 2 is 2.04 bits per heavy atom. The van der Waals surface area contributed by atoms with E-state index >= 15 is 0 Å². The number of hydrogen-bond acceptors (Lipinski definition) is 3. The molecule has 1 aromatic heterocycles. The number of aryl methyl sites for hydroxylation is 1. The Labute approximate surface area is 139 Å². The molecule has 1 aliphatic carbocycles. The smallest absolute Gasteiger partial charge is 0.213 e. The molecule has 0 radical (unpaired) electrons. The molecule has 5 heteroatoms. The van der Waals surface area contributed by atoms with Crippen LogP contribution in [0.25, 0.3) is 0 Å². The Balaban J connectivity index is 1.49. The van der Waals surface area contributed by atoms with Crippen molar-refractivity contribution in [3.63, 3.8) is 0 Å². The van der Waals surface area contributed by atoms with E-state index in [1.54, 1.807) is 12.1 Å². The number of hydrogen-bond donors (Lipinski definition) is 1. The quantitative estimate of drug-likeness (QED) is 0.927. The largest absolute Gasteiger partial charge is 0.473 e. The lowest BCUT2D eigenvalue weighted by molar-refractivity contribution is 0.287. The third kappa shape index (κ3) is 2.81. The van der Waals surface area contributed by atoms with Gasteiger partial charge in [-0.3, -0.25) is 0 Å². The molecule has 1 aliphatic heterocycles. The molecule has 3 nitrogen and oxygen atoms in total. The monoisotopic (exact) mass is 332 g/mol. The zero-order chi connectivity index (χ0) is 16.0. The molecule has 23 heavy (non-hydrogen) atoms. The molecule has 2 aliphatic rings. The summed E-state index contributed by atoms with van der Waals surface area (Å²) in [6.45, 7) is 4.40. The van der Waals surface area contributed by atoms with Crippen molar-refractivity contribution in [3.05, 3.63) is 58.0 Å². The van der Waals surface area contributed by atoms with E-state index in [0.717, 1.165) is 18.8 Å². The lowest BCUT2D eigenvalue weighted by Gasteiger charge is -2.11. The molecule has 0 bridgehead atoms. The molecule has 4 rings (SSSR count). The second-order valence-corrected chi connectivity index (χ2v) is 6.82. The van der Waals surface area contributed by atoms with E-state index in [1.807, 2.05) is 12.1 Å². The van der Waals surface area contributed by atoms with E-state index in [-0.39, 0.29) is 12.4 Å². The Morgan fingerprint density at radius 3 is 2.78 bits per heavy atom. The standard InChI is InChI=1S/C18H18ClFN2O/c1-10-2-5-16(22-18(10)17-13-7-21-8-14(13)17)23-9-11-3-4-12(19)6-15(11)20/h2-6,13-14,17,21H,7-9H2,1H3/t13-,14+,17-. The Kier molecular flexibility index (Phi) is 3.74. The fraction of sp³-hybridized carbons (Fsp3) is 0.389. The van der Waals surface area contributed by atoms with E-state index in [1.165, 1.54) is 11.6 Å². The van der Waals surface area contributed by atoms with E-state index < -0.39 is 0 Å². The van der Waals surface area contributed by atoms with Gasteiger partial charge in [-0.15, -0.1) is 0 Å². The summed E-state index contributed by atoms with van der Waals surface area (Å²) in [6.07, 6.45) is 0. The summed E-state index contributed by atoms with van der Waals surface area (Å²) in [5.41, 5.74) is 2.82. The summed E-state index contributed by atoms with van der Waals surface area (Å²) in [5.74, 6) is 2.17. The molecular weight excluding hydrogens is 315 g/mol. The van der Waals surface area contributed by atoms with Crippen LogP contribution in [-0.4, -0.2) is 18.1 Å². The van der Waals surface area contributed by atoms with E-state index in [0.29, 0.717) is 34.2 Å². The maximum atomic E-state index is 13.8. The highest BCUT2D eigenvalue weighted by atomic mass is 35.5. The van der Waals surface area contributed by atoms with Gasteiger partial charge < -0.3 is 10.1 Å². The van der Waals surface area contributed by atoms with Crippen LogP contribution in [0.3, 0.4) is 0 Å². The number of piperidine rings is 1. The summed E-state index contributed by atoms with van der Waals surface area (Å²) >= 11 is 5.76. The highest BCUT2D eigenvalue weighted by Crippen LogP contribution is 2.56. The predicted octanol–water partition coefficient (Wildman–Crippen LogP) is 3.69. The van der Waals surface area contributed by atoms with Crippen LogP contribution in [0, 0.1) is 24.6 Å². The van der Waals surface area contributed by atoms with Gasteiger partial charge in [0.1, 0.15) is 12.4 Å². The van der Waals surface area contributed by atoms with E-state index in [2.05, 4.69) is 17.2 Å². The third-order valence-corrected chi connectivity index (χ3v) is 5.14. The molecule has 1 N–H and O–H groups in total. The highest BCUT2D eigenvalue weighted by Gasteiger charge is 2.54. The molecule has 120 valence electrons. The summed E-state index contributed by atoms with van der Waals surface area (Å²) in [5, 5.41) is 3.79. The van der Waals surface area contributed by atoms with Crippen molar-refractivity contribution < 1.29 is 9.13 Å². The van der Waals surface area contributed by atoms with Crippen LogP contribution in [0.4, 0.5) is 4.39 Å². The highest BCUT2D eigenvalue weighted by molar-refractivity contribution is 6.30. The van der Waals surface area contributed by atoms with Crippen molar-refractivity contribution in [3.8, 4) is 5.88 Å². The van der Waals surface area contributed by atoms with Gasteiger partial charge in [-0.05, 0) is 49.5 Å². The first-order valence-corrected chi connectivity index (χ1v) is 8.26. The van der Waals surface area contributed by atoms with Gasteiger partial charge in [-0.2, -0.15) is 0 Å². The van der Waals surface area contributed by atoms with Crippen molar-refractivity contribution in [1.29, 1.82) is 0 Å². The normalized spacial score (nSPS) is 25.3. The minimum Gasteiger partial charge on any atom is -0.473 e. The molecule has 1 aromatic carbocycles. The van der Waals surface area contributed by atoms with Gasteiger partial charge in [-0.1, -0.05) is 23.7 Å². The van der Waals surface area contributed by atoms with Crippen molar-refractivity contribution in [2.24, 2.45) is 11.8 Å². The Bertz CT molecular complexity index is 742. The van der Waals surface area contributed by atoms with E-state index in [9.17, 15) is 4.39 Å². The molecular formula is C18H18ClFN2O. The average molecular weight is 333 g/mol. The topological polar surface area (TPSA) is 34.1 Å². The minimum atomic E-state index is -0.354. The zero-order valence-corrected chi connectivity index (χ0v) is 13.6. The van der Waals surface area contributed by atoms with Crippen LogP contribution in [0.2, 0.25) is 5.02 Å². The summed E-state index contributed by atoms with van der Waals surface area (Å²) in [4.78, 5) is 4.68. The van der Waals surface area contributed by atoms with Crippen molar-refractivity contribution in [1.82, 2.24) is 10.3 Å². The number of halogens is 2. The van der Waals surface area contributed by atoms with Gasteiger partial charge in [0.25, 0.3) is 0 Å². The number of nitrogens with zero attached hydrogens (tertiary/aromatic N) is 1. The van der Waals surface area contributed by atoms with Gasteiger partial charge in [0.2, 0.25) is 5.88 Å². The second-order valence-electron chi connectivity index (χ2n) is 6.39. The maximum absolute atomic E-state index is 13.8. The van der Waals surface area contributed by atoms with Gasteiger partial charge in [0, 0.05) is 22.6 Å². The number of rotatable bonds is 4. The molecule has 2 heterocycles. The van der Waals surface area contributed by atoms with Crippen LogP contribution in [-0.2, 0) is 6.61 Å². The second kappa shape index (κ2) is 5.77. The lowest BCUT2D eigenvalue weighted by Crippen LogP contribution is -2.15. The van der Waals surface area contributed by atoms with Gasteiger partial charge in [0.05, 0.1) is 5.69 Å². The first-order valence-electron chi connectivity index (χ1n) is 7.88. The van der Waals surface area contributed by atoms with Gasteiger partial charge >= 0.3 is 0 Å². The molecule has 0 spiro atoms. The van der Waals surface area contributed by atoms with Crippen LogP contribution in [0.1, 0.15) is 22.7 Å². The average Bonchev–Trinajstić information content (AvgIpc) is 2.99. The molecule has 1 saturated heterocycles. The fourth-order valence-corrected chi connectivity index (χ4v) is 3.72. The van der Waals surface area contributed by atoms with Crippen molar-refractivity contribution >= 4 is 11.6 Å². The molecule has 0 unspecified atom stereocenters. The van der Waals surface area contributed by atoms with Crippen LogP contribution in [0.15, 0.2) is 30.3 Å². The number of pyridine rings is 1. The first kappa shape index (κ1) is 14.9. The third-order valence-electron chi connectivity index (χ3n) is 4.91. The zero-order valence-electron chi connectivity index (χ0n) is 12.9. The van der Waals surface area contributed by atoms with E-state index in [4.69, 9.17) is 16.3 Å². The number of benzene rings is 1. The minimum absolute atomic E-state index is 0.150. The van der Waals surface area contributed by atoms with Crippen molar-refractivity contribution in [2.75, 3.05) is 13.1 Å². The molecule has 2 aromatic rings. The summed E-state index contributed by atoms with van der Waals surface area (Å²) < 4.78 is 19.5. The summed E-state index contributed by atoms with van der Waals surface area (Å²) in [7, 11) is 0. The summed E-state index contributed by atoms with van der Waals surface area (Å²) in [6, 6.07) is 8.49. The number of aromatic nitrogens is 1. The van der Waals surface area contributed by atoms with Gasteiger partial charge in [0.15, 0.2) is 0 Å². The first-order chi connectivity index (χ1) is 11.1. The number of nitrogens with one attached hydrogen (secondary N) is 1. The number of ether oxygens (including phenoxy) is 1. The fourth-order valence-electron chi connectivity index (χ4n) is 3.56. The maximum Gasteiger partial charge on any atom is 0.213 e. The molecule has 3 atom stereocenters. The van der Waals surface area contributed by atoms with Gasteiger partial charge in [-0.25, -0.2) is 9.37 Å². The lowest BCUT2D eigenvalue weighted by atomic mass is 10.1. The van der Waals surface area contributed by atoms with Crippen LogP contribution < -0.4 is 10.1 Å². The SMILES string of the molecule is Cc1ccc(OCc2ccc(Cl)cc2F)nc1[C@@H]1[C@@H]2CNC[C@@H]21. The van der Waals surface area contributed by atoms with Crippen molar-refractivity contribution in [2.45, 2.75) is 19.4 Å². The molecule has 1 saturated carbocycles. The Morgan fingerprint density at radius 1 is 1.26 bits per heavy atom. The molecule has 2 fully saturated rings. The predicted molar refractivity (Wildman–Crippen MR) is 87.3 cm³/mol. The van der Waals surface area contributed by atoms with Crippen LogP contribution in [0.5, 0.6) is 5.88 Å².